The molecule has 1 atom stereocenters. The van der Waals surface area contributed by atoms with Gasteiger partial charge in [-0.1, -0.05) is 12.1 Å². The Balaban J connectivity index is 1.61. The molecular formula is C15H16N6. The molecule has 6 heteroatoms. The molecule has 4 rings (SSSR count). The molecule has 3 heterocycles. The fraction of sp³-hybridized carbons (Fsp3) is 0.333. The molecule has 6 nitrogen and oxygen atoms in total. The predicted octanol–water partition coefficient (Wildman–Crippen LogP) is 1.96. The largest absolute Gasteiger partial charge is 0.365 e. The standard InChI is InChI=1S/C15H16N6/c1-10-18-14-7-6-11(8-21(14)20-10)19-15-12-4-2-3-5-13(12)16-9-17-15/h2-5,9,11H,6-8H2,1H3,(H,16,17,19)/t11-/m0/s1. The number of anilines is 1. The summed E-state index contributed by atoms with van der Waals surface area (Å²) in [5, 5.41) is 9.03. The minimum Gasteiger partial charge on any atom is -0.365 e. The minimum atomic E-state index is 0.317. The van der Waals surface area contributed by atoms with Gasteiger partial charge in [-0.2, -0.15) is 5.10 Å². The highest BCUT2D eigenvalue weighted by Crippen LogP contribution is 2.22. The van der Waals surface area contributed by atoms with Crippen molar-refractivity contribution in [1.82, 2.24) is 24.7 Å². The quantitative estimate of drug-likeness (QED) is 0.777. The Bertz CT molecular complexity index is 788. The number of benzene rings is 1. The van der Waals surface area contributed by atoms with Crippen molar-refractivity contribution < 1.29 is 0 Å². The number of fused-ring (bicyclic) bond motifs is 2. The van der Waals surface area contributed by atoms with Crippen LogP contribution in [-0.4, -0.2) is 30.8 Å². The minimum absolute atomic E-state index is 0.317. The van der Waals surface area contributed by atoms with Gasteiger partial charge in [0.2, 0.25) is 0 Å². The lowest BCUT2D eigenvalue weighted by Gasteiger charge is -2.24. The van der Waals surface area contributed by atoms with Gasteiger partial charge in [0, 0.05) is 17.8 Å². The molecular weight excluding hydrogens is 264 g/mol. The van der Waals surface area contributed by atoms with Crippen LogP contribution < -0.4 is 5.32 Å². The molecule has 1 N–H and O–H groups in total. The summed E-state index contributed by atoms with van der Waals surface area (Å²) >= 11 is 0. The number of aryl methyl sites for hydroxylation is 2. The second kappa shape index (κ2) is 4.80. The highest BCUT2D eigenvalue weighted by molar-refractivity contribution is 5.88. The first kappa shape index (κ1) is 12.3. The molecule has 21 heavy (non-hydrogen) atoms. The third kappa shape index (κ3) is 2.22. The monoisotopic (exact) mass is 280 g/mol. The lowest BCUT2D eigenvalue weighted by molar-refractivity contribution is 0.440. The van der Waals surface area contributed by atoms with E-state index in [2.05, 4.69) is 25.4 Å². The zero-order valence-corrected chi connectivity index (χ0v) is 11.8. The van der Waals surface area contributed by atoms with Crippen LogP contribution in [-0.2, 0) is 13.0 Å². The molecule has 0 aliphatic carbocycles. The highest BCUT2D eigenvalue weighted by Gasteiger charge is 2.21. The fourth-order valence-corrected chi connectivity index (χ4v) is 2.86. The summed E-state index contributed by atoms with van der Waals surface area (Å²) in [7, 11) is 0. The van der Waals surface area contributed by atoms with Crippen molar-refractivity contribution in [2.24, 2.45) is 0 Å². The number of nitrogens with zero attached hydrogens (tertiary/aromatic N) is 5. The van der Waals surface area contributed by atoms with Crippen LogP contribution in [0.15, 0.2) is 30.6 Å². The van der Waals surface area contributed by atoms with Crippen LogP contribution in [0.1, 0.15) is 18.1 Å². The van der Waals surface area contributed by atoms with Crippen LogP contribution in [0.3, 0.4) is 0 Å². The normalized spacial score (nSPS) is 17.7. The van der Waals surface area contributed by atoms with Gasteiger partial charge in [0.15, 0.2) is 0 Å². The van der Waals surface area contributed by atoms with Gasteiger partial charge in [-0.3, -0.25) is 0 Å². The van der Waals surface area contributed by atoms with Crippen molar-refractivity contribution in [1.29, 1.82) is 0 Å². The molecule has 0 bridgehead atoms. The Morgan fingerprint density at radius 1 is 1.24 bits per heavy atom. The average molecular weight is 280 g/mol. The Labute approximate surface area is 122 Å². The van der Waals surface area contributed by atoms with E-state index in [-0.39, 0.29) is 0 Å². The van der Waals surface area contributed by atoms with Gasteiger partial charge in [0.1, 0.15) is 23.8 Å². The molecule has 0 fully saturated rings. The number of hydrogen-bond donors (Lipinski definition) is 1. The first-order chi connectivity index (χ1) is 10.3. The number of para-hydroxylation sites is 1. The third-order valence-corrected chi connectivity index (χ3v) is 3.85. The van der Waals surface area contributed by atoms with Crippen LogP contribution >= 0.6 is 0 Å². The molecule has 1 aliphatic heterocycles. The van der Waals surface area contributed by atoms with E-state index in [0.717, 1.165) is 47.8 Å². The van der Waals surface area contributed by atoms with Gasteiger partial charge >= 0.3 is 0 Å². The van der Waals surface area contributed by atoms with Crippen molar-refractivity contribution in [2.45, 2.75) is 32.4 Å². The first-order valence-electron chi connectivity index (χ1n) is 7.16. The maximum absolute atomic E-state index is 4.44. The average Bonchev–Trinajstić information content (AvgIpc) is 2.87. The van der Waals surface area contributed by atoms with Gasteiger partial charge in [0.25, 0.3) is 0 Å². The first-order valence-corrected chi connectivity index (χ1v) is 7.16. The summed E-state index contributed by atoms with van der Waals surface area (Å²) < 4.78 is 2.00. The van der Waals surface area contributed by atoms with E-state index in [4.69, 9.17) is 0 Å². The number of nitrogens with one attached hydrogen (secondary N) is 1. The lowest BCUT2D eigenvalue weighted by Crippen LogP contribution is -2.32. The zero-order valence-electron chi connectivity index (χ0n) is 11.8. The highest BCUT2D eigenvalue weighted by atomic mass is 15.4. The predicted molar refractivity (Wildman–Crippen MR) is 80.0 cm³/mol. The topological polar surface area (TPSA) is 68.5 Å². The molecule has 2 aromatic heterocycles. The van der Waals surface area contributed by atoms with Crippen LogP contribution in [0.4, 0.5) is 5.82 Å². The molecule has 1 aliphatic rings. The molecule has 0 radical (unpaired) electrons. The van der Waals surface area contributed by atoms with E-state index in [9.17, 15) is 0 Å². The number of hydrogen-bond acceptors (Lipinski definition) is 5. The van der Waals surface area contributed by atoms with Crippen molar-refractivity contribution >= 4 is 16.7 Å². The van der Waals surface area contributed by atoms with Crippen molar-refractivity contribution in [3.8, 4) is 0 Å². The van der Waals surface area contributed by atoms with E-state index < -0.39 is 0 Å². The van der Waals surface area contributed by atoms with E-state index >= 15 is 0 Å². The second-order valence-corrected chi connectivity index (χ2v) is 5.38. The Morgan fingerprint density at radius 3 is 3.10 bits per heavy atom. The Kier molecular flexibility index (Phi) is 2.80. The molecule has 3 aromatic rings. The summed E-state index contributed by atoms with van der Waals surface area (Å²) in [6.07, 6.45) is 3.59. The number of rotatable bonds is 2. The molecule has 0 saturated heterocycles. The van der Waals surface area contributed by atoms with Crippen LogP contribution in [0.25, 0.3) is 10.9 Å². The Hall–Kier alpha value is -2.50. The molecule has 0 spiro atoms. The summed E-state index contributed by atoms with van der Waals surface area (Å²) in [5.41, 5.74) is 0.961. The molecule has 1 aromatic carbocycles. The Morgan fingerprint density at radius 2 is 2.14 bits per heavy atom. The van der Waals surface area contributed by atoms with Gasteiger partial charge in [-0.25, -0.2) is 19.6 Å². The van der Waals surface area contributed by atoms with Gasteiger partial charge in [-0.05, 0) is 25.5 Å². The van der Waals surface area contributed by atoms with Gasteiger partial charge in [-0.15, -0.1) is 0 Å². The van der Waals surface area contributed by atoms with E-state index in [1.807, 2.05) is 35.9 Å². The number of aromatic nitrogens is 5. The fourth-order valence-electron chi connectivity index (χ4n) is 2.86. The van der Waals surface area contributed by atoms with Crippen molar-refractivity contribution in [2.75, 3.05) is 5.32 Å². The molecule has 0 unspecified atom stereocenters. The zero-order chi connectivity index (χ0) is 14.2. The van der Waals surface area contributed by atoms with E-state index in [1.165, 1.54) is 0 Å². The maximum Gasteiger partial charge on any atom is 0.147 e. The van der Waals surface area contributed by atoms with Crippen LogP contribution in [0.2, 0.25) is 0 Å². The maximum atomic E-state index is 4.44. The van der Waals surface area contributed by atoms with E-state index in [0.29, 0.717) is 6.04 Å². The van der Waals surface area contributed by atoms with Crippen LogP contribution in [0.5, 0.6) is 0 Å². The van der Waals surface area contributed by atoms with E-state index in [1.54, 1.807) is 6.33 Å². The summed E-state index contributed by atoms with van der Waals surface area (Å²) in [5.74, 6) is 2.82. The van der Waals surface area contributed by atoms with Gasteiger partial charge < -0.3 is 5.32 Å². The summed E-state index contributed by atoms with van der Waals surface area (Å²) in [6, 6.07) is 8.37. The molecule has 0 amide bonds. The third-order valence-electron chi connectivity index (χ3n) is 3.85. The molecule has 0 saturated carbocycles. The lowest BCUT2D eigenvalue weighted by atomic mass is 10.1. The summed E-state index contributed by atoms with van der Waals surface area (Å²) in [4.78, 5) is 13.1. The van der Waals surface area contributed by atoms with Crippen molar-refractivity contribution in [3.05, 3.63) is 42.2 Å². The van der Waals surface area contributed by atoms with Gasteiger partial charge in [0.05, 0.1) is 12.1 Å². The summed E-state index contributed by atoms with van der Waals surface area (Å²) in [6.45, 7) is 2.76. The van der Waals surface area contributed by atoms with Crippen molar-refractivity contribution in [3.63, 3.8) is 0 Å². The second-order valence-electron chi connectivity index (χ2n) is 5.38. The van der Waals surface area contributed by atoms with Crippen LogP contribution in [0, 0.1) is 6.92 Å². The smallest absolute Gasteiger partial charge is 0.147 e. The SMILES string of the molecule is Cc1nc2n(n1)C[C@@H](Nc1ncnc3ccccc13)CC2. The molecule has 106 valence electrons.